The van der Waals surface area contributed by atoms with E-state index in [0.717, 1.165) is 18.2 Å². The molecule has 2 aromatic carbocycles. The van der Waals surface area contributed by atoms with Crippen LogP contribution in [-0.4, -0.2) is 17.0 Å². The normalized spacial score (nSPS) is 15.3. The minimum Gasteiger partial charge on any atom is -0.481 e. The van der Waals surface area contributed by atoms with Crippen molar-refractivity contribution in [3.05, 3.63) is 65.0 Å². The third kappa shape index (κ3) is 3.94. The first-order chi connectivity index (χ1) is 12.6. The smallest absolute Gasteiger partial charge is 0.416 e. The maximum Gasteiger partial charge on any atom is 0.416 e. The van der Waals surface area contributed by atoms with Crippen LogP contribution in [0.15, 0.2) is 42.5 Å². The van der Waals surface area contributed by atoms with Crippen LogP contribution in [0.25, 0.3) is 0 Å². The minimum atomic E-state index is -4.51. The molecule has 1 aliphatic carbocycles. The molecule has 2 aromatic rings. The molecule has 4 nitrogen and oxygen atoms in total. The van der Waals surface area contributed by atoms with Crippen molar-refractivity contribution >= 4 is 17.6 Å². The molecule has 27 heavy (non-hydrogen) atoms. The number of aliphatic carboxylic acids is 1. The zero-order valence-corrected chi connectivity index (χ0v) is 13.9. The van der Waals surface area contributed by atoms with Crippen molar-refractivity contribution in [3.8, 4) is 0 Å². The van der Waals surface area contributed by atoms with Gasteiger partial charge in [0.15, 0.2) is 0 Å². The topological polar surface area (TPSA) is 66.4 Å². The molecule has 0 bridgehead atoms. The average Bonchev–Trinajstić information content (AvgIpc) is 3.38. The molecule has 2 N–H and O–H groups in total. The van der Waals surface area contributed by atoms with Gasteiger partial charge < -0.3 is 10.4 Å². The summed E-state index contributed by atoms with van der Waals surface area (Å²) in [5, 5.41) is 11.2. The zero-order valence-electron chi connectivity index (χ0n) is 13.9. The van der Waals surface area contributed by atoms with Crippen molar-refractivity contribution in [2.45, 2.75) is 30.9 Å². The molecular formula is C19H15F4NO3. The van der Waals surface area contributed by atoms with Gasteiger partial charge in [0.05, 0.1) is 17.4 Å². The van der Waals surface area contributed by atoms with Crippen molar-refractivity contribution in [2.24, 2.45) is 0 Å². The molecule has 1 saturated carbocycles. The first-order valence-corrected chi connectivity index (χ1v) is 8.11. The van der Waals surface area contributed by atoms with E-state index in [-0.39, 0.29) is 16.8 Å². The number of carbonyl (C=O) groups is 2. The van der Waals surface area contributed by atoms with E-state index < -0.39 is 41.3 Å². The molecule has 0 heterocycles. The van der Waals surface area contributed by atoms with Crippen LogP contribution in [0, 0.1) is 5.82 Å². The minimum absolute atomic E-state index is 0.0282. The average molecular weight is 381 g/mol. The summed E-state index contributed by atoms with van der Waals surface area (Å²) in [5.41, 5.74) is -1.55. The molecule has 3 rings (SSSR count). The highest BCUT2D eigenvalue weighted by atomic mass is 19.4. The Balaban J connectivity index is 1.80. The number of halogens is 4. The SMILES string of the molecule is O=C(O)Cc1ccc(NC(=O)C2(c3cccc(C(F)(F)F)c3)CC2)cc1F. The second-order valence-corrected chi connectivity index (χ2v) is 6.49. The standard InChI is InChI=1S/C19H15F4NO3/c20-15-10-14(5-4-11(15)8-16(25)26)24-17(27)18(6-7-18)12-2-1-3-13(9-12)19(21,22)23/h1-5,9-10H,6-8H2,(H,24,27)(H,25,26). The van der Waals surface area contributed by atoms with Gasteiger partial charge in [-0.05, 0) is 42.2 Å². The Labute approximate surface area is 151 Å². The number of rotatable bonds is 5. The number of nitrogens with one attached hydrogen (secondary N) is 1. The third-order valence-electron chi connectivity index (χ3n) is 4.58. The van der Waals surface area contributed by atoms with E-state index >= 15 is 0 Å². The number of alkyl halides is 3. The predicted molar refractivity (Wildman–Crippen MR) is 88.7 cm³/mol. The van der Waals surface area contributed by atoms with E-state index in [0.29, 0.717) is 12.8 Å². The summed E-state index contributed by atoms with van der Waals surface area (Å²) in [5.74, 6) is -2.49. The molecule has 0 aromatic heterocycles. The van der Waals surface area contributed by atoms with Crippen LogP contribution in [0.3, 0.4) is 0 Å². The van der Waals surface area contributed by atoms with Gasteiger partial charge in [0, 0.05) is 5.69 Å². The first kappa shape index (κ1) is 18.9. The van der Waals surface area contributed by atoms with Crippen molar-refractivity contribution in [1.82, 2.24) is 0 Å². The Morgan fingerprint density at radius 1 is 1.11 bits per heavy atom. The van der Waals surface area contributed by atoms with Gasteiger partial charge in [0.1, 0.15) is 5.82 Å². The van der Waals surface area contributed by atoms with Gasteiger partial charge in [-0.3, -0.25) is 9.59 Å². The first-order valence-electron chi connectivity index (χ1n) is 8.11. The monoisotopic (exact) mass is 381 g/mol. The second kappa shape index (κ2) is 6.68. The Hall–Kier alpha value is -2.90. The van der Waals surface area contributed by atoms with Crippen molar-refractivity contribution < 1.29 is 32.3 Å². The number of hydrogen-bond donors (Lipinski definition) is 2. The summed E-state index contributed by atoms with van der Waals surface area (Å²) in [6, 6.07) is 8.24. The maximum absolute atomic E-state index is 13.9. The molecule has 0 radical (unpaired) electrons. The quantitative estimate of drug-likeness (QED) is 0.765. The molecule has 0 unspecified atom stereocenters. The summed E-state index contributed by atoms with van der Waals surface area (Å²) < 4.78 is 52.7. The molecular weight excluding hydrogens is 366 g/mol. The van der Waals surface area contributed by atoms with E-state index in [4.69, 9.17) is 5.11 Å². The fourth-order valence-electron chi connectivity index (χ4n) is 2.95. The lowest BCUT2D eigenvalue weighted by molar-refractivity contribution is -0.138. The molecule has 0 saturated heterocycles. The molecule has 1 aliphatic rings. The van der Waals surface area contributed by atoms with Crippen LogP contribution in [0.1, 0.15) is 29.5 Å². The van der Waals surface area contributed by atoms with Crippen LogP contribution in [0.5, 0.6) is 0 Å². The highest BCUT2D eigenvalue weighted by Crippen LogP contribution is 2.50. The highest BCUT2D eigenvalue weighted by molar-refractivity contribution is 6.01. The third-order valence-corrected chi connectivity index (χ3v) is 4.58. The Morgan fingerprint density at radius 2 is 1.81 bits per heavy atom. The number of carboxylic acid groups (broad SMARTS) is 1. The van der Waals surface area contributed by atoms with Crippen LogP contribution in [0.4, 0.5) is 23.2 Å². The van der Waals surface area contributed by atoms with E-state index in [1.54, 1.807) is 0 Å². The van der Waals surface area contributed by atoms with Crippen LogP contribution in [0.2, 0.25) is 0 Å². The Bertz CT molecular complexity index is 904. The lowest BCUT2D eigenvalue weighted by Crippen LogP contribution is -2.28. The Morgan fingerprint density at radius 3 is 2.37 bits per heavy atom. The number of amides is 1. The van der Waals surface area contributed by atoms with Gasteiger partial charge in [-0.2, -0.15) is 13.2 Å². The summed E-state index contributed by atoms with van der Waals surface area (Å²) in [7, 11) is 0. The summed E-state index contributed by atoms with van der Waals surface area (Å²) in [4.78, 5) is 23.3. The molecule has 142 valence electrons. The second-order valence-electron chi connectivity index (χ2n) is 6.49. The van der Waals surface area contributed by atoms with Crippen molar-refractivity contribution in [3.63, 3.8) is 0 Å². The van der Waals surface area contributed by atoms with Crippen LogP contribution < -0.4 is 5.32 Å². The Kier molecular flexibility index (Phi) is 4.67. The summed E-state index contributed by atoms with van der Waals surface area (Å²) >= 11 is 0. The number of carbonyl (C=O) groups excluding carboxylic acids is 1. The molecule has 0 spiro atoms. The van der Waals surface area contributed by atoms with Crippen LogP contribution >= 0.6 is 0 Å². The molecule has 0 atom stereocenters. The lowest BCUT2D eigenvalue weighted by atomic mass is 9.93. The number of hydrogen-bond acceptors (Lipinski definition) is 2. The van der Waals surface area contributed by atoms with Gasteiger partial charge in [-0.15, -0.1) is 0 Å². The summed E-state index contributed by atoms with van der Waals surface area (Å²) in [6.07, 6.45) is -4.22. The van der Waals surface area contributed by atoms with E-state index in [1.165, 1.54) is 24.3 Å². The highest BCUT2D eigenvalue weighted by Gasteiger charge is 2.51. The fourth-order valence-corrected chi connectivity index (χ4v) is 2.95. The lowest BCUT2D eigenvalue weighted by Gasteiger charge is -2.18. The fraction of sp³-hybridized carbons (Fsp3) is 0.263. The van der Waals surface area contributed by atoms with Gasteiger partial charge in [-0.25, -0.2) is 4.39 Å². The van der Waals surface area contributed by atoms with E-state index in [1.807, 2.05) is 0 Å². The number of carboxylic acids is 1. The number of benzene rings is 2. The summed E-state index contributed by atoms with van der Waals surface area (Å²) in [6.45, 7) is 0. The predicted octanol–water partition coefficient (Wildman–Crippen LogP) is 4.14. The molecule has 0 aliphatic heterocycles. The van der Waals surface area contributed by atoms with Crippen LogP contribution in [-0.2, 0) is 27.6 Å². The maximum atomic E-state index is 13.9. The molecule has 1 amide bonds. The largest absolute Gasteiger partial charge is 0.481 e. The van der Waals surface area contributed by atoms with Gasteiger partial charge in [0.25, 0.3) is 0 Å². The van der Waals surface area contributed by atoms with Gasteiger partial charge in [-0.1, -0.05) is 24.3 Å². The number of anilines is 1. The van der Waals surface area contributed by atoms with E-state index in [2.05, 4.69) is 5.32 Å². The van der Waals surface area contributed by atoms with E-state index in [9.17, 15) is 27.2 Å². The van der Waals surface area contributed by atoms with Crippen molar-refractivity contribution in [2.75, 3.05) is 5.32 Å². The molecule has 8 heteroatoms. The zero-order chi connectivity index (χ0) is 19.8. The molecule has 1 fully saturated rings. The van der Waals surface area contributed by atoms with Crippen molar-refractivity contribution in [1.29, 1.82) is 0 Å². The van der Waals surface area contributed by atoms with Gasteiger partial charge in [0.2, 0.25) is 5.91 Å². The van der Waals surface area contributed by atoms with Gasteiger partial charge >= 0.3 is 12.1 Å².